The second-order valence-corrected chi connectivity index (χ2v) is 6.16. The molecule has 0 fully saturated rings. The van der Waals surface area contributed by atoms with E-state index in [1.165, 1.54) is 0 Å². The first-order valence-corrected chi connectivity index (χ1v) is 8.06. The van der Waals surface area contributed by atoms with Crippen molar-refractivity contribution in [3.05, 3.63) is 70.6 Å². The Labute approximate surface area is 152 Å². The zero-order chi connectivity index (χ0) is 18.0. The number of nitrogens with zero attached hydrogens (tertiary/aromatic N) is 2. The number of halogens is 1. The van der Waals surface area contributed by atoms with E-state index >= 15 is 0 Å². The summed E-state index contributed by atoms with van der Waals surface area (Å²) >= 11 is 3.39. The molecule has 1 aromatic carbocycles. The summed E-state index contributed by atoms with van der Waals surface area (Å²) in [5.41, 5.74) is 13.2. The van der Waals surface area contributed by atoms with Gasteiger partial charge in [0.1, 0.15) is 5.82 Å². The highest BCUT2D eigenvalue weighted by Crippen LogP contribution is 2.30. The molecule has 3 aromatic rings. The molecule has 0 saturated heterocycles. The number of amides is 1. The fourth-order valence-corrected chi connectivity index (χ4v) is 2.78. The first-order chi connectivity index (χ1) is 12.0. The number of anilines is 1. The number of fused-ring (bicyclic) bond motifs is 1. The molecule has 122 valence electrons. The zero-order valence-corrected chi connectivity index (χ0v) is 14.7. The number of nitrogen functional groups attached to an aromatic ring is 1. The minimum Gasteiger partial charge on any atom is -0.383 e. The third kappa shape index (κ3) is 3.37. The molecule has 0 aliphatic heterocycles. The van der Waals surface area contributed by atoms with Gasteiger partial charge in [0.2, 0.25) is 0 Å². The molecule has 0 unspecified atom stereocenters. The average Bonchev–Trinajstić information content (AvgIpc) is 2.59. The maximum absolute atomic E-state index is 12.1. The number of carbonyl (C=O) groups is 1. The van der Waals surface area contributed by atoms with E-state index in [-0.39, 0.29) is 17.1 Å². The van der Waals surface area contributed by atoms with Crippen LogP contribution in [0.15, 0.2) is 53.8 Å². The van der Waals surface area contributed by atoms with Gasteiger partial charge >= 0.3 is 0 Å². The van der Waals surface area contributed by atoms with Crippen molar-refractivity contribution in [3.8, 4) is 11.8 Å². The zero-order valence-electron chi connectivity index (χ0n) is 13.1. The van der Waals surface area contributed by atoms with Gasteiger partial charge in [-0.2, -0.15) is 0 Å². The number of pyridine rings is 2. The molecule has 2 aromatic heterocycles. The molecule has 1 amide bonds. The molecule has 0 atom stereocenters. The number of rotatable bonds is 2. The Morgan fingerprint density at radius 1 is 1.24 bits per heavy atom. The molecule has 4 N–H and O–H groups in total. The highest BCUT2D eigenvalue weighted by molar-refractivity contribution is 9.10. The van der Waals surface area contributed by atoms with Crippen molar-refractivity contribution in [2.24, 2.45) is 5.73 Å². The number of hydrogen-bond donors (Lipinski definition) is 2. The van der Waals surface area contributed by atoms with Crippen LogP contribution in [0.25, 0.3) is 16.3 Å². The molecule has 3 rings (SSSR count). The van der Waals surface area contributed by atoms with Gasteiger partial charge in [0.05, 0.1) is 11.3 Å². The van der Waals surface area contributed by atoms with E-state index in [9.17, 15) is 4.79 Å². The number of nitrogens with two attached hydrogens (primary N) is 2. The number of benzene rings is 1. The summed E-state index contributed by atoms with van der Waals surface area (Å²) in [6, 6.07) is 8.98. The summed E-state index contributed by atoms with van der Waals surface area (Å²) in [5, 5.41) is 1.25. The molecular formula is C19H13BrN4O. The van der Waals surface area contributed by atoms with Gasteiger partial charge < -0.3 is 11.5 Å². The molecule has 25 heavy (non-hydrogen) atoms. The Bertz CT molecular complexity index is 1070. The van der Waals surface area contributed by atoms with Crippen molar-refractivity contribution in [2.45, 2.75) is 0 Å². The molecule has 2 heterocycles. The molecule has 0 aliphatic rings. The molecule has 0 spiro atoms. The summed E-state index contributed by atoms with van der Waals surface area (Å²) in [6.07, 6.45) is 3.29. The highest BCUT2D eigenvalue weighted by Gasteiger charge is 2.18. The monoisotopic (exact) mass is 392 g/mol. The van der Waals surface area contributed by atoms with Crippen molar-refractivity contribution >= 4 is 44.0 Å². The lowest BCUT2D eigenvalue weighted by atomic mass is 9.99. The lowest BCUT2D eigenvalue weighted by molar-refractivity contribution is 0.100. The fraction of sp³-hybridized carbons (Fsp3) is 0. The van der Waals surface area contributed by atoms with Crippen molar-refractivity contribution in [1.82, 2.24) is 9.97 Å². The van der Waals surface area contributed by atoms with E-state index in [4.69, 9.17) is 11.5 Å². The maximum Gasteiger partial charge on any atom is 0.251 e. The Morgan fingerprint density at radius 2 is 2.04 bits per heavy atom. The van der Waals surface area contributed by atoms with Crippen LogP contribution in [-0.4, -0.2) is 15.9 Å². The van der Waals surface area contributed by atoms with E-state index in [1.54, 1.807) is 30.6 Å². The summed E-state index contributed by atoms with van der Waals surface area (Å²) < 4.78 is 0.797. The molecule has 6 heteroatoms. The predicted octanol–water partition coefficient (Wildman–Crippen LogP) is 3.14. The number of primary amides is 1. The van der Waals surface area contributed by atoms with E-state index in [0.29, 0.717) is 16.3 Å². The molecule has 0 radical (unpaired) electrons. The summed E-state index contributed by atoms with van der Waals surface area (Å²) in [7, 11) is 0. The van der Waals surface area contributed by atoms with Gasteiger partial charge in [-0.3, -0.25) is 9.78 Å². The smallest absolute Gasteiger partial charge is 0.251 e. The Kier molecular flexibility index (Phi) is 4.50. The number of aromatic nitrogens is 2. The third-order valence-electron chi connectivity index (χ3n) is 3.55. The minimum absolute atomic E-state index is 0.246. The first kappa shape index (κ1) is 16.7. The Hall–Kier alpha value is -3.17. The maximum atomic E-state index is 12.1. The van der Waals surface area contributed by atoms with Crippen LogP contribution >= 0.6 is 15.9 Å². The van der Waals surface area contributed by atoms with Gasteiger partial charge in [0, 0.05) is 38.8 Å². The lowest BCUT2D eigenvalue weighted by Crippen LogP contribution is -2.16. The number of allylic oxidation sites excluding steroid dienone is 1. The van der Waals surface area contributed by atoms with E-state index in [1.807, 2.05) is 12.1 Å². The van der Waals surface area contributed by atoms with Gasteiger partial charge in [0.15, 0.2) is 0 Å². The van der Waals surface area contributed by atoms with Crippen LogP contribution in [0.3, 0.4) is 0 Å². The van der Waals surface area contributed by atoms with Crippen molar-refractivity contribution in [1.29, 1.82) is 0 Å². The molecule has 0 aliphatic carbocycles. The molecule has 0 saturated carbocycles. The van der Waals surface area contributed by atoms with E-state index in [0.717, 1.165) is 10.0 Å². The predicted molar refractivity (Wildman–Crippen MR) is 103 cm³/mol. The largest absolute Gasteiger partial charge is 0.383 e. The van der Waals surface area contributed by atoms with Gasteiger partial charge in [0.25, 0.3) is 5.91 Å². The first-order valence-electron chi connectivity index (χ1n) is 7.27. The highest BCUT2D eigenvalue weighted by atomic mass is 79.9. The lowest BCUT2D eigenvalue weighted by Gasteiger charge is -2.11. The third-order valence-corrected chi connectivity index (χ3v) is 4.04. The van der Waals surface area contributed by atoms with Crippen molar-refractivity contribution in [2.75, 3.05) is 5.73 Å². The van der Waals surface area contributed by atoms with Crippen LogP contribution in [-0.2, 0) is 0 Å². The van der Waals surface area contributed by atoms with Crippen LogP contribution in [0.2, 0.25) is 0 Å². The quantitative estimate of drug-likeness (QED) is 0.654. The second-order valence-electron chi connectivity index (χ2n) is 5.25. The SMILES string of the molecule is C=C(C#Cc1cccnc1)c1nc(N)c2ccc(Br)cc2c1C(N)=O. The number of hydrogen-bond acceptors (Lipinski definition) is 4. The topological polar surface area (TPSA) is 94.9 Å². The van der Waals surface area contributed by atoms with E-state index in [2.05, 4.69) is 44.3 Å². The van der Waals surface area contributed by atoms with Crippen LogP contribution in [0.4, 0.5) is 5.82 Å². The Balaban J connectivity index is 2.19. The Morgan fingerprint density at radius 3 is 2.72 bits per heavy atom. The van der Waals surface area contributed by atoms with E-state index < -0.39 is 5.91 Å². The van der Waals surface area contributed by atoms with Crippen molar-refractivity contribution < 1.29 is 4.79 Å². The molecule has 5 nitrogen and oxygen atoms in total. The van der Waals surface area contributed by atoms with Gasteiger partial charge in [-0.15, -0.1) is 0 Å². The van der Waals surface area contributed by atoms with Gasteiger partial charge in [-0.05, 0) is 30.3 Å². The van der Waals surface area contributed by atoms with Gasteiger partial charge in [-0.25, -0.2) is 4.98 Å². The van der Waals surface area contributed by atoms with Crippen LogP contribution in [0, 0.1) is 11.8 Å². The standard InChI is InChI=1S/C19H13BrN4O/c1-11(4-5-12-3-2-8-23-10-12)17-16(19(22)25)15-9-13(20)6-7-14(15)18(21)24-17/h2-3,6-10H,1H2,(H2,21,24)(H2,22,25). The summed E-state index contributed by atoms with van der Waals surface area (Å²) in [5.74, 6) is 5.50. The minimum atomic E-state index is -0.616. The average molecular weight is 393 g/mol. The number of carbonyl (C=O) groups excluding carboxylic acids is 1. The van der Waals surface area contributed by atoms with Crippen LogP contribution in [0.5, 0.6) is 0 Å². The van der Waals surface area contributed by atoms with Crippen molar-refractivity contribution in [3.63, 3.8) is 0 Å². The summed E-state index contributed by atoms with van der Waals surface area (Å²) in [6.45, 7) is 3.92. The fourth-order valence-electron chi connectivity index (χ4n) is 2.42. The molecular weight excluding hydrogens is 380 g/mol. The van der Waals surface area contributed by atoms with Crippen LogP contribution in [0.1, 0.15) is 21.6 Å². The second kappa shape index (κ2) is 6.75. The van der Waals surface area contributed by atoms with Gasteiger partial charge in [-0.1, -0.05) is 34.3 Å². The normalized spacial score (nSPS) is 10.1. The molecule has 0 bridgehead atoms. The summed E-state index contributed by atoms with van der Waals surface area (Å²) in [4.78, 5) is 20.4. The van der Waals surface area contributed by atoms with Crippen LogP contribution < -0.4 is 11.5 Å².